The van der Waals surface area contributed by atoms with Crippen LogP contribution < -0.4 is 0 Å². The Balaban J connectivity index is 2.13. The number of carbonyl (C=O) groups is 2. The number of unbranched alkanes of at least 4 members (excludes halogenated alkanes) is 1. The molecule has 3 unspecified atom stereocenters. The maximum Gasteiger partial charge on any atom is 0.324 e. The topological polar surface area (TPSA) is 52.6 Å². The number of rotatable bonds is 5. The molecule has 19 heavy (non-hydrogen) atoms. The number of cyclic esters (lactones) is 1. The molecule has 1 saturated heterocycles. The minimum atomic E-state index is -0.997. The van der Waals surface area contributed by atoms with Crippen LogP contribution in [-0.4, -0.2) is 24.6 Å². The van der Waals surface area contributed by atoms with E-state index in [-0.39, 0.29) is 24.0 Å². The van der Waals surface area contributed by atoms with Crippen molar-refractivity contribution in [2.45, 2.75) is 59.0 Å². The van der Waals surface area contributed by atoms with Crippen molar-refractivity contribution in [3.63, 3.8) is 0 Å². The van der Waals surface area contributed by atoms with Gasteiger partial charge in [-0.2, -0.15) is 0 Å². The van der Waals surface area contributed by atoms with Crippen molar-refractivity contribution in [1.29, 1.82) is 0 Å². The third kappa shape index (κ3) is 2.49. The van der Waals surface area contributed by atoms with Crippen molar-refractivity contribution in [2.75, 3.05) is 6.61 Å². The summed E-state index contributed by atoms with van der Waals surface area (Å²) in [6.07, 6.45) is 4.74. The summed E-state index contributed by atoms with van der Waals surface area (Å²) in [4.78, 5) is 24.5. The first-order valence-electron chi connectivity index (χ1n) is 7.39. The van der Waals surface area contributed by atoms with Crippen LogP contribution >= 0.6 is 0 Å². The second-order valence-electron chi connectivity index (χ2n) is 6.17. The normalized spacial score (nSPS) is 33.4. The fourth-order valence-corrected chi connectivity index (χ4v) is 3.44. The smallest absolute Gasteiger partial charge is 0.324 e. The van der Waals surface area contributed by atoms with E-state index in [1.165, 1.54) is 0 Å². The Kier molecular flexibility index (Phi) is 4.16. The van der Waals surface area contributed by atoms with Crippen LogP contribution in [0.5, 0.6) is 0 Å². The Morgan fingerprint density at radius 1 is 1.53 bits per heavy atom. The predicted octanol–water partition coefficient (Wildman–Crippen LogP) is 2.70. The van der Waals surface area contributed by atoms with E-state index in [0.29, 0.717) is 18.9 Å². The Hall–Kier alpha value is -1.06. The minimum absolute atomic E-state index is 0.0214. The van der Waals surface area contributed by atoms with Crippen molar-refractivity contribution in [3.05, 3.63) is 0 Å². The average molecular weight is 268 g/mol. The SMILES string of the molecule is CCCCC1CC2COC(=O)C2(C(=O)OC(C)C)C1. The quantitative estimate of drug-likeness (QED) is 0.568. The maximum absolute atomic E-state index is 12.4. The lowest BCUT2D eigenvalue weighted by Gasteiger charge is -2.23. The van der Waals surface area contributed by atoms with Crippen molar-refractivity contribution in [2.24, 2.45) is 17.3 Å². The van der Waals surface area contributed by atoms with Gasteiger partial charge in [0.25, 0.3) is 0 Å². The number of ether oxygens (including phenoxy) is 2. The Labute approximate surface area is 114 Å². The molecular weight excluding hydrogens is 244 g/mol. The minimum Gasteiger partial charge on any atom is -0.464 e. The standard InChI is InChI=1S/C15H24O4/c1-4-5-6-11-7-12-9-18-13(16)15(12,8-11)14(17)19-10(2)3/h10-12H,4-9H2,1-3H3. The summed E-state index contributed by atoms with van der Waals surface area (Å²) >= 11 is 0. The molecule has 0 N–H and O–H groups in total. The molecule has 4 heteroatoms. The summed E-state index contributed by atoms with van der Waals surface area (Å²) in [5, 5.41) is 0. The molecule has 108 valence electrons. The molecule has 1 aliphatic carbocycles. The van der Waals surface area contributed by atoms with Crippen LogP contribution in [0.1, 0.15) is 52.9 Å². The van der Waals surface area contributed by atoms with Gasteiger partial charge in [-0.15, -0.1) is 0 Å². The van der Waals surface area contributed by atoms with Gasteiger partial charge in [0.05, 0.1) is 12.7 Å². The Morgan fingerprint density at radius 2 is 2.26 bits per heavy atom. The van der Waals surface area contributed by atoms with E-state index in [9.17, 15) is 9.59 Å². The van der Waals surface area contributed by atoms with Crippen LogP contribution in [0.15, 0.2) is 0 Å². The molecule has 0 amide bonds. The molecule has 4 nitrogen and oxygen atoms in total. The lowest BCUT2D eigenvalue weighted by atomic mass is 9.79. The largest absolute Gasteiger partial charge is 0.464 e. The summed E-state index contributed by atoms with van der Waals surface area (Å²) < 4.78 is 10.5. The van der Waals surface area contributed by atoms with Gasteiger partial charge in [-0.25, -0.2) is 0 Å². The van der Waals surface area contributed by atoms with Crippen LogP contribution in [-0.2, 0) is 19.1 Å². The summed E-state index contributed by atoms with van der Waals surface area (Å²) in [7, 11) is 0. The highest BCUT2D eigenvalue weighted by Crippen LogP contribution is 2.53. The Bertz CT molecular complexity index is 363. The summed E-state index contributed by atoms with van der Waals surface area (Å²) in [6.45, 7) is 6.17. The van der Waals surface area contributed by atoms with Crippen molar-refractivity contribution < 1.29 is 19.1 Å². The van der Waals surface area contributed by atoms with Gasteiger partial charge in [-0.3, -0.25) is 9.59 Å². The van der Waals surface area contributed by atoms with Crippen LogP contribution in [0.2, 0.25) is 0 Å². The maximum atomic E-state index is 12.4. The van der Waals surface area contributed by atoms with Crippen molar-refractivity contribution in [3.8, 4) is 0 Å². The van der Waals surface area contributed by atoms with E-state index in [1.807, 2.05) is 13.8 Å². The molecule has 0 radical (unpaired) electrons. The highest BCUT2D eigenvalue weighted by atomic mass is 16.6. The van der Waals surface area contributed by atoms with E-state index in [0.717, 1.165) is 25.7 Å². The lowest BCUT2D eigenvalue weighted by molar-refractivity contribution is -0.168. The molecule has 0 aromatic heterocycles. The fraction of sp³-hybridized carbons (Fsp3) is 0.867. The molecule has 0 bridgehead atoms. The molecule has 0 spiro atoms. The second kappa shape index (κ2) is 5.51. The number of carbonyl (C=O) groups excluding carboxylic acids is 2. The van der Waals surface area contributed by atoms with Crippen LogP contribution in [0, 0.1) is 17.3 Å². The third-order valence-electron chi connectivity index (χ3n) is 4.38. The van der Waals surface area contributed by atoms with Crippen LogP contribution in [0.4, 0.5) is 0 Å². The number of hydrogen-bond donors (Lipinski definition) is 0. The zero-order valence-electron chi connectivity index (χ0n) is 12.1. The zero-order valence-corrected chi connectivity index (χ0v) is 12.1. The first-order chi connectivity index (χ1) is 9.00. The van der Waals surface area contributed by atoms with Gasteiger partial charge >= 0.3 is 11.9 Å². The molecule has 1 aliphatic heterocycles. The molecule has 1 saturated carbocycles. The third-order valence-corrected chi connectivity index (χ3v) is 4.38. The van der Waals surface area contributed by atoms with E-state index in [4.69, 9.17) is 9.47 Å². The average Bonchev–Trinajstić information content (AvgIpc) is 2.85. The summed E-state index contributed by atoms with van der Waals surface area (Å²) in [5.41, 5.74) is -0.997. The monoisotopic (exact) mass is 268 g/mol. The first-order valence-corrected chi connectivity index (χ1v) is 7.39. The number of fused-ring (bicyclic) bond motifs is 1. The summed E-state index contributed by atoms with van der Waals surface area (Å²) in [5.74, 6) is -0.248. The molecule has 3 atom stereocenters. The van der Waals surface area contributed by atoms with E-state index in [2.05, 4.69) is 6.92 Å². The highest BCUT2D eigenvalue weighted by Gasteiger charge is 2.63. The molecule has 2 fully saturated rings. The lowest BCUT2D eigenvalue weighted by Crippen LogP contribution is -2.40. The van der Waals surface area contributed by atoms with Gasteiger partial charge in [-0.1, -0.05) is 26.2 Å². The van der Waals surface area contributed by atoms with E-state index < -0.39 is 5.41 Å². The van der Waals surface area contributed by atoms with Crippen molar-refractivity contribution >= 4 is 11.9 Å². The predicted molar refractivity (Wildman–Crippen MR) is 70.4 cm³/mol. The van der Waals surface area contributed by atoms with Crippen molar-refractivity contribution in [1.82, 2.24) is 0 Å². The Morgan fingerprint density at radius 3 is 2.89 bits per heavy atom. The zero-order chi connectivity index (χ0) is 14.0. The van der Waals surface area contributed by atoms with Gasteiger partial charge in [0, 0.05) is 5.92 Å². The number of esters is 2. The highest BCUT2D eigenvalue weighted by molar-refractivity contribution is 6.02. The van der Waals surface area contributed by atoms with E-state index in [1.54, 1.807) is 0 Å². The molecule has 2 rings (SSSR count). The fourth-order valence-electron chi connectivity index (χ4n) is 3.44. The molecular formula is C15H24O4. The van der Waals surface area contributed by atoms with Gasteiger partial charge < -0.3 is 9.47 Å². The van der Waals surface area contributed by atoms with Gasteiger partial charge in [0.1, 0.15) is 0 Å². The molecule has 2 aliphatic rings. The number of hydrogen-bond acceptors (Lipinski definition) is 4. The van der Waals surface area contributed by atoms with E-state index >= 15 is 0 Å². The van der Waals surface area contributed by atoms with Gasteiger partial charge in [0.15, 0.2) is 5.41 Å². The second-order valence-corrected chi connectivity index (χ2v) is 6.17. The van der Waals surface area contributed by atoms with Crippen LogP contribution in [0.25, 0.3) is 0 Å². The summed E-state index contributed by atoms with van der Waals surface area (Å²) in [6, 6.07) is 0. The van der Waals surface area contributed by atoms with Gasteiger partial charge in [0.2, 0.25) is 0 Å². The molecule has 0 aromatic rings. The first kappa shape index (κ1) is 14.4. The molecule has 0 aromatic carbocycles. The van der Waals surface area contributed by atoms with Crippen LogP contribution in [0.3, 0.4) is 0 Å². The molecule has 1 heterocycles. The van der Waals surface area contributed by atoms with Gasteiger partial charge in [-0.05, 0) is 32.6 Å².